The largest absolute Gasteiger partial charge is 0.356 e. The van der Waals surface area contributed by atoms with Gasteiger partial charge < -0.3 is 10.3 Å². The predicted octanol–water partition coefficient (Wildman–Crippen LogP) is 7.34. The lowest BCUT2D eigenvalue weighted by Gasteiger charge is -2.07. The summed E-state index contributed by atoms with van der Waals surface area (Å²) in [6, 6.07) is 23.4. The van der Waals surface area contributed by atoms with E-state index in [1.807, 2.05) is 48.5 Å². The van der Waals surface area contributed by atoms with E-state index in [9.17, 15) is 9.18 Å². The van der Waals surface area contributed by atoms with Gasteiger partial charge in [-0.3, -0.25) is 14.9 Å². The van der Waals surface area contributed by atoms with Crippen LogP contribution in [0.2, 0.25) is 0 Å². The third-order valence-corrected chi connectivity index (χ3v) is 7.31. The Morgan fingerprint density at radius 2 is 1.81 bits per heavy atom. The van der Waals surface area contributed by atoms with Crippen molar-refractivity contribution in [2.75, 3.05) is 5.32 Å². The number of rotatable bonds is 5. The van der Waals surface area contributed by atoms with Gasteiger partial charge in [0.15, 0.2) is 0 Å². The van der Waals surface area contributed by atoms with Gasteiger partial charge in [-0.25, -0.2) is 9.37 Å². The van der Waals surface area contributed by atoms with Gasteiger partial charge in [-0.2, -0.15) is 5.10 Å². The highest BCUT2D eigenvalue weighted by Crippen LogP contribution is 2.36. The SMILES string of the molecule is CC1=CC=C(c2cccc(F)c2)c2cc(-c3n[nH]c4ccc(-c5cncc(NC(=O)c6ccccc6)c5)nc34)[nH]c2C1. The van der Waals surface area contributed by atoms with Crippen molar-refractivity contribution in [2.24, 2.45) is 0 Å². The van der Waals surface area contributed by atoms with Crippen molar-refractivity contribution >= 4 is 28.2 Å². The summed E-state index contributed by atoms with van der Waals surface area (Å²) in [6.07, 6.45) is 8.18. The van der Waals surface area contributed by atoms with Crippen molar-refractivity contribution in [2.45, 2.75) is 13.3 Å². The fourth-order valence-corrected chi connectivity index (χ4v) is 5.25. The number of carbonyl (C=O) groups excluding carboxylic acids is 1. The number of benzene rings is 2. The van der Waals surface area contributed by atoms with Crippen molar-refractivity contribution in [1.82, 2.24) is 25.1 Å². The normalized spacial score (nSPS) is 12.8. The molecule has 204 valence electrons. The van der Waals surface area contributed by atoms with Gasteiger partial charge in [-0.1, -0.05) is 48.1 Å². The molecule has 0 saturated carbocycles. The van der Waals surface area contributed by atoms with Gasteiger partial charge in [0.2, 0.25) is 0 Å². The maximum atomic E-state index is 14.1. The van der Waals surface area contributed by atoms with E-state index in [0.29, 0.717) is 28.2 Å². The second-order valence-electron chi connectivity index (χ2n) is 10.3. The topological polar surface area (TPSA) is 99.3 Å². The van der Waals surface area contributed by atoms with E-state index >= 15 is 0 Å². The quantitative estimate of drug-likeness (QED) is 0.208. The summed E-state index contributed by atoms with van der Waals surface area (Å²) in [5, 5.41) is 10.6. The molecule has 7 nitrogen and oxygen atoms in total. The number of anilines is 1. The summed E-state index contributed by atoms with van der Waals surface area (Å²) < 4.78 is 14.1. The summed E-state index contributed by atoms with van der Waals surface area (Å²) in [5.74, 6) is -0.484. The number of nitrogens with zero attached hydrogens (tertiary/aromatic N) is 3. The first kappa shape index (κ1) is 25.3. The van der Waals surface area contributed by atoms with E-state index in [1.165, 1.54) is 11.6 Å². The monoisotopic (exact) mass is 552 g/mol. The van der Waals surface area contributed by atoms with Crippen LogP contribution in [0.3, 0.4) is 0 Å². The van der Waals surface area contributed by atoms with Gasteiger partial charge in [-0.15, -0.1) is 0 Å². The standard InChI is InChI=1S/C34H25FN6O/c1-20-10-11-26(22-8-5-9-24(35)15-22)27-17-31(38-30(27)14-20)33-32-29(40-41-33)13-12-28(39-32)23-16-25(19-36-18-23)37-34(42)21-6-3-2-4-7-21/h2-13,15-19,38H,14H2,1H3,(H,37,42)(H,40,41). The maximum Gasteiger partial charge on any atom is 0.255 e. The number of amides is 1. The summed E-state index contributed by atoms with van der Waals surface area (Å²) in [5.41, 5.74) is 10.6. The lowest BCUT2D eigenvalue weighted by Crippen LogP contribution is -2.11. The van der Waals surface area contributed by atoms with E-state index in [2.05, 4.69) is 44.5 Å². The molecule has 7 rings (SSSR count). The molecule has 0 bridgehead atoms. The molecule has 0 saturated heterocycles. The Kier molecular flexibility index (Phi) is 6.28. The molecule has 8 heteroatoms. The Morgan fingerprint density at radius 3 is 2.67 bits per heavy atom. The van der Waals surface area contributed by atoms with Crippen molar-refractivity contribution in [1.29, 1.82) is 0 Å². The number of hydrogen-bond donors (Lipinski definition) is 3. The van der Waals surface area contributed by atoms with Crippen LogP contribution in [0.15, 0.2) is 109 Å². The van der Waals surface area contributed by atoms with Gasteiger partial charge in [0.1, 0.15) is 17.0 Å². The third kappa shape index (κ3) is 4.79. The van der Waals surface area contributed by atoms with Crippen LogP contribution in [-0.4, -0.2) is 31.1 Å². The van der Waals surface area contributed by atoms with Crippen molar-refractivity contribution in [3.05, 3.63) is 137 Å². The summed E-state index contributed by atoms with van der Waals surface area (Å²) in [4.78, 5) is 25.5. The lowest BCUT2D eigenvalue weighted by atomic mass is 9.97. The van der Waals surface area contributed by atoms with Gasteiger partial charge in [0, 0.05) is 35.0 Å². The summed E-state index contributed by atoms with van der Waals surface area (Å²) in [7, 11) is 0. The molecule has 3 N–H and O–H groups in total. The highest BCUT2D eigenvalue weighted by molar-refractivity contribution is 6.04. The highest BCUT2D eigenvalue weighted by atomic mass is 19.1. The number of pyridine rings is 2. The minimum atomic E-state index is -0.274. The van der Waals surface area contributed by atoms with Crippen LogP contribution in [0.4, 0.5) is 10.1 Å². The zero-order valence-electron chi connectivity index (χ0n) is 22.6. The Balaban J connectivity index is 1.24. The Bertz CT molecular complexity index is 2040. The van der Waals surface area contributed by atoms with Gasteiger partial charge in [0.05, 0.1) is 28.8 Å². The van der Waals surface area contributed by atoms with Gasteiger partial charge >= 0.3 is 0 Å². The molecule has 4 heterocycles. The molecule has 0 unspecified atom stereocenters. The zero-order chi connectivity index (χ0) is 28.6. The first-order chi connectivity index (χ1) is 20.5. The third-order valence-electron chi connectivity index (χ3n) is 7.31. The van der Waals surface area contributed by atoms with Crippen LogP contribution in [-0.2, 0) is 6.42 Å². The fourth-order valence-electron chi connectivity index (χ4n) is 5.25. The van der Waals surface area contributed by atoms with Crippen LogP contribution >= 0.6 is 0 Å². The van der Waals surface area contributed by atoms with E-state index in [1.54, 1.807) is 36.7 Å². The lowest BCUT2D eigenvalue weighted by molar-refractivity contribution is 0.102. The predicted molar refractivity (Wildman–Crippen MR) is 162 cm³/mol. The average molecular weight is 553 g/mol. The Morgan fingerprint density at radius 1 is 0.929 bits per heavy atom. The number of hydrogen-bond acceptors (Lipinski definition) is 4. The second kappa shape index (κ2) is 10.4. The van der Waals surface area contributed by atoms with Crippen molar-refractivity contribution < 1.29 is 9.18 Å². The molecule has 0 aliphatic heterocycles. The van der Waals surface area contributed by atoms with E-state index in [0.717, 1.165) is 45.6 Å². The first-order valence-electron chi connectivity index (χ1n) is 13.5. The van der Waals surface area contributed by atoms with Crippen LogP contribution in [0.1, 0.15) is 34.1 Å². The molecule has 1 aliphatic carbocycles. The van der Waals surface area contributed by atoms with Crippen LogP contribution in [0.5, 0.6) is 0 Å². The molecular formula is C34H25FN6O. The van der Waals surface area contributed by atoms with Crippen LogP contribution in [0, 0.1) is 5.82 Å². The molecule has 0 atom stereocenters. The zero-order valence-corrected chi connectivity index (χ0v) is 22.6. The molecule has 4 aromatic heterocycles. The minimum Gasteiger partial charge on any atom is -0.356 e. The van der Waals surface area contributed by atoms with E-state index < -0.39 is 0 Å². The Hall–Kier alpha value is -5.63. The maximum absolute atomic E-state index is 14.1. The smallest absolute Gasteiger partial charge is 0.255 e. The Labute approximate surface area is 240 Å². The number of carbonyl (C=O) groups is 1. The highest BCUT2D eigenvalue weighted by Gasteiger charge is 2.20. The van der Waals surface area contributed by atoms with E-state index in [4.69, 9.17) is 4.98 Å². The molecule has 2 aromatic carbocycles. The number of halogens is 1. The number of H-pyrrole nitrogens is 2. The van der Waals surface area contributed by atoms with Crippen LogP contribution in [0.25, 0.3) is 39.3 Å². The minimum absolute atomic E-state index is 0.210. The van der Waals surface area contributed by atoms with Crippen molar-refractivity contribution in [3.8, 4) is 22.6 Å². The second-order valence-corrected chi connectivity index (χ2v) is 10.3. The van der Waals surface area contributed by atoms with Crippen molar-refractivity contribution in [3.63, 3.8) is 0 Å². The molecule has 1 amide bonds. The number of allylic oxidation sites excluding steroid dienone is 3. The summed E-state index contributed by atoms with van der Waals surface area (Å²) >= 11 is 0. The summed E-state index contributed by atoms with van der Waals surface area (Å²) in [6.45, 7) is 2.08. The van der Waals surface area contributed by atoms with E-state index in [-0.39, 0.29) is 11.7 Å². The first-order valence-corrected chi connectivity index (χ1v) is 13.5. The number of aromatic nitrogens is 5. The average Bonchev–Trinajstić information content (AvgIpc) is 3.58. The van der Waals surface area contributed by atoms with Gasteiger partial charge in [-0.05, 0) is 66.6 Å². The molecule has 6 aromatic rings. The van der Waals surface area contributed by atoms with Crippen LogP contribution < -0.4 is 5.32 Å². The number of nitrogens with one attached hydrogen (secondary N) is 3. The molecule has 0 fully saturated rings. The fraction of sp³-hybridized carbons (Fsp3) is 0.0588. The van der Waals surface area contributed by atoms with Gasteiger partial charge in [0.25, 0.3) is 5.91 Å². The number of aromatic amines is 2. The molecule has 0 radical (unpaired) electrons. The number of fused-ring (bicyclic) bond motifs is 2. The molecule has 42 heavy (non-hydrogen) atoms. The molecule has 0 spiro atoms. The molecular weight excluding hydrogens is 527 g/mol. The molecule has 1 aliphatic rings.